The summed E-state index contributed by atoms with van der Waals surface area (Å²) in [7, 11) is 0. The average Bonchev–Trinajstić information content (AvgIpc) is 3.81. The summed E-state index contributed by atoms with van der Waals surface area (Å²) in [5.74, 6) is -2.51. The number of carbonyl (C=O) groups excluding carboxylic acids is 5. The Morgan fingerprint density at radius 2 is 1.98 bits per heavy atom. The molecule has 2 aromatic heterocycles. The maximum absolute atomic E-state index is 15.2. The number of aromatic nitrogens is 2. The highest BCUT2D eigenvalue weighted by molar-refractivity contribution is 7.18. The van der Waals surface area contributed by atoms with Crippen molar-refractivity contribution in [2.75, 3.05) is 49.2 Å². The number of hydrogen-bond donors (Lipinski definition) is 3. The highest BCUT2D eigenvalue weighted by Crippen LogP contribution is 2.30. The minimum absolute atomic E-state index is 0. The molecule has 49 heavy (non-hydrogen) atoms. The van der Waals surface area contributed by atoms with Crippen molar-refractivity contribution < 1.29 is 37.8 Å². The Balaban J connectivity index is 0.00000325. The number of morpholine rings is 1. The number of nitrogens with two attached hydrogens (primary N) is 1. The fraction of sp³-hybridized carbons (Fsp3) is 0.400. The van der Waals surface area contributed by atoms with Crippen LogP contribution in [-0.4, -0.2) is 96.1 Å². The van der Waals surface area contributed by atoms with Crippen LogP contribution in [-0.2, 0) is 30.3 Å². The Hall–Kier alpha value is -3.80. The molecule has 2 aliphatic rings. The number of rotatable bonds is 13. The number of cyclic esters (lactones) is 1. The van der Waals surface area contributed by atoms with Gasteiger partial charge in [0.05, 0.1) is 47.0 Å². The van der Waals surface area contributed by atoms with E-state index in [1.807, 2.05) is 0 Å². The second-order valence-corrected chi connectivity index (χ2v) is 12.6. The molecule has 0 aliphatic carbocycles. The van der Waals surface area contributed by atoms with Crippen LogP contribution in [0.25, 0.3) is 0 Å². The van der Waals surface area contributed by atoms with Gasteiger partial charge >= 0.3 is 6.09 Å². The molecular formula is C30H35Cl3FN7O7S. The molecule has 0 saturated carbocycles. The molecule has 14 nitrogen and oxygen atoms in total. The zero-order valence-electron chi connectivity index (χ0n) is 26.0. The number of nitrogens with zero attached hydrogens (tertiary/aromatic N) is 4. The van der Waals surface area contributed by atoms with Crippen molar-refractivity contribution in [3.8, 4) is 0 Å². The van der Waals surface area contributed by atoms with Crippen molar-refractivity contribution in [2.45, 2.75) is 37.8 Å². The first-order valence-electron chi connectivity index (χ1n) is 14.9. The van der Waals surface area contributed by atoms with E-state index in [0.717, 1.165) is 32.9 Å². The van der Waals surface area contributed by atoms with Gasteiger partial charge in [0.15, 0.2) is 0 Å². The lowest BCUT2D eigenvalue weighted by molar-refractivity contribution is -0.129. The predicted octanol–water partition coefficient (Wildman–Crippen LogP) is 3.32. The summed E-state index contributed by atoms with van der Waals surface area (Å²) in [5, 5.41) is 2.74. The minimum Gasteiger partial charge on any atom is -0.442 e. The number of anilines is 2. The van der Waals surface area contributed by atoms with E-state index in [-0.39, 0.29) is 86.4 Å². The molecule has 19 heteroatoms. The van der Waals surface area contributed by atoms with Gasteiger partial charge < -0.3 is 30.4 Å². The Morgan fingerprint density at radius 1 is 1.18 bits per heavy atom. The zero-order chi connectivity index (χ0) is 33.5. The van der Waals surface area contributed by atoms with E-state index in [1.54, 1.807) is 6.20 Å². The van der Waals surface area contributed by atoms with Crippen LogP contribution in [0.15, 0.2) is 42.9 Å². The molecule has 2 aliphatic heterocycles. The Kier molecular flexibility index (Phi) is 14.8. The van der Waals surface area contributed by atoms with Crippen LogP contribution in [0.5, 0.6) is 0 Å². The van der Waals surface area contributed by atoms with E-state index < -0.39 is 35.9 Å². The van der Waals surface area contributed by atoms with Gasteiger partial charge in [-0.25, -0.2) is 14.2 Å². The Labute approximate surface area is 302 Å². The Morgan fingerprint density at radius 3 is 2.65 bits per heavy atom. The number of imide groups is 1. The first-order chi connectivity index (χ1) is 22.6. The number of imidazole rings is 1. The monoisotopic (exact) mass is 761 g/mol. The standard InChI is InChI=1S/C30H33ClFN7O7S.2ClH/c31-25-7-6-24(47-25)29(43)39(26(40)3-1-2-8-35-28(42)22(33)11-18-13-34-17-36-18)15-20-14-38(30(44)46-20)23-5-4-19(12-21(23)32)37-9-10-45-16-27(37)41;;/h4-7,12-13,17,20,22H,1-3,8-11,14-16,33H2,(H,34,36)(H,35,42);2*1H/t20-,22+;;/m1../s1. The molecule has 2 fully saturated rings. The van der Waals surface area contributed by atoms with Crippen molar-refractivity contribution in [1.82, 2.24) is 20.2 Å². The molecular weight excluding hydrogens is 728 g/mol. The number of benzene rings is 1. The molecule has 2 atom stereocenters. The van der Waals surface area contributed by atoms with E-state index in [2.05, 4.69) is 15.3 Å². The van der Waals surface area contributed by atoms with Crippen molar-refractivity contribution in [3.63, 3.8) is 0 Å². The fourth-order valence-corrected chi connectivity index (χ4v) is 6.15. The number of aromatic amines is 1. The number of halogens is 4. The predicted molar refractivity (Wildman–Crippen MR) is 184 cm³/mol. The lowest BCUT2D eigenvalue weighted by Gasteiger charge is -2.27. The van der Waals surface area contributed by atoms with Gasteiger partial charge in [-0.05, 0) is 43.2 Å². The highest BCUT2D eigenvalue weighted by Gasteiger charge is 2.38. The van der Waals surface area contributed by atoms with Gasteiger partial charge in [0, 0.05) is 43.5 Å². The van der Waals surface area contributed by atoms with Gasteiger partial charge in [-0.15, -0.1) is 36.2 Å². The lowest BCUT2D eigenvalue weighted by Crippen LogP contribution is -2.43. The van der Waals surface area contributed by atoms with Crippen LogP contribution in [0.3, 0.4) is 0 Å². The number of amides is 5. The molecule has 3 aromatic rings. The first kappa shape index (κ1) is 39.6. The molecule has 4 N–H and O–H groups in total. The van der Waals surface area contributed by atoms with Crippen LogP contribution >= 0.6 is 47.8 Å². The van der Waals surface area contributed by atoms with E-state index in [4.69, 9.17) is 26.8 Å². The van der Waals surface area contributed by atoms with Gasteiger partial charge in [0.1, 0.15) is 18.5 Å². The van der Waals surface area contributed by atoms with Gasteiger partial charge in [-0.1, -0.05) is 11.6 Å². The van der Waals surface area contributed by atoms with Crippen LogP contribution in [0.4, 0.5) is 20.6 Å². The molecule has 0 bridgehead atoms. The molecule has 1 aromatic carbocycles. The first-order valence-corrected chi connectivity index (χ1v) is 16.1. The topological polar surface area (TPSA) is 180 Å². The number of ether oxygens (including phenoxy) is 2. The maximum Gasteiger partial charge on any atom is 0.414 e. The molecule has 4 heterocycles. The van der Waals surface area contributed by atoms with Gasteiger partial charge in [0.2, 0.25) is 11.8 Å². The number of unbranched alkanes of at least 4 members (excludes halogenated alkanes) is 1. The summed E-state index contributed by atoms with van der Waals surface area (Å²) < 4.78 is 26.2. The van der Waals surface area contributed by atoms with Crippen molar-refractivity contribution in [3.05, 3.63) is 63.6 Å². The molecule has 5 rings (SSSR count). The summed E-state index contributed by atoms with van der Waals surface area (Å²) in [5.41, 5.74) is 6.94. The zero-order valence-corrected chi connectivity index (χ0v) is 29.2. The van der Waals surface area contributed by atoms with Crippen LogP contribution in [0, 0.1) is 5.82 Å². The summed E-state index contributed by atoms with van der Waals surface area (Å²) in [6.07, 6.45) is 2.37. The molecule has 5 amide bonds. The molecule has 2 saturated heterocycles. The normalized spacial score (nSPS) is 16.3. The quantitative estimate of drug-likeness (QED) is 0.220. The van der Waals surface area contributed by atoms with E-state index >= 15 is 4.39 Å². The van der Waals surface area contributed by atoms with Crippen molar-refractivity contribution >= 4 is 88.8 Å². The van der Waals surface area contributed by atoms with Crippen molar-refractivity contribution in [2.24, 2.45) is 5.73 Å². The third-order valence-corrected chi connectivity index (χ3v) is 8.78. The van der Waals surface area contributed by atoms with Crippen LogP contribution < -0.4 is 20.9 Å². The second kappa shape index (κ2) is 18.3. The number of nitrogens with one attached hydrogen (secondary N) is 2. The third kappa shape index (κ3) is 10.1. The molecule has 0 unspecified atom stereocenters. The maximum atomic E-state index is 15.2. The fourth-order valence-electron chi connectivity index (χ4n) is 5.16. The summed E-state index contributed by atoms with van der Waals surface area (Å²) in [4.78, 5) is 74.5. The van der Waals surface area contributed by atoms with E-state index in [0.29, 0.717) is 35.9 Å². The summed E-state index contributed by atoms with van der Waals surface area (Å²) in [6, 6.07) is 6.34. The molecule has 0 radical (unpaired) electrons. The molecule has 0 spiro atoms. The van der Waals surface area contributed by atoms with Crippen LogP contribution in [0.1, 0.15) is 34.6 Å². The molecule has 266 valence electrons. The van der Waals surface area contributed by atoms with Gasteiger partial charge in [-0.3, -0.25) is 29.0 Å². The smallest absolute Gasteiger partial charge is 0.414 e. The Bertz CT molecular complexity index is 1630. The SMILES string of the molecule is Cl.Cl.N[C@@H](Cc1cnc[nH]1)C(=O)NCCCCC(=O)N(C[C@H]1CN(c2ccc(N3CCOCC3=O)cc2F)C(=O)O1)C(=O)c1ccc(Cl)s1. The van der Waals surface area contributed by atoms with Crippen molar-refractivity contribution in [1.29, 1.82) is 0 Å². The number of H-pyrrole nitrogens is 1. The lowest BCUT2D eigenvalue weighted by atomic mass is 10.1. The average molecular weight is 763 g/mol. The number of carbonyl (C=O) groups is 5. The van der Waals surface area contributed by atoms with Gasteiger partial charge in [0.25, 0.3) is 11.8 Å². The summed E-state index contributed by atoms with van der Waals surface area (Å²) >= 11 is 7.03. The van der Waals surface area contributed by atoms with Gasteiger partial charge in [-0.2, -0.15) is 0 Å². The second-order valence-electron chi connectivity index (χ2n) is 10.9. The van der Waals surface area contributed by atoms with Crippen LogP contribution in [0.2, 0.25) is 4.34 Å². The summed E-state index contributed by atoms with van der Waals surface area (Å²) in [6.45, 7) is 0.368. The largest absolute Gasteiger partial charge is 0.442 e. The minimum atomic E-state index is -0.943. The van der Waals surface area contributed by atoms with E-state index in [9.17, 15) is 24.0 Å². The van der Waals surface area contributed by atoms with E-state index in [1.165, 1.54) is 35.5 Å². The third-order valence-electron chi connectivity index (χ3n) is 7.56. The number of hydrogen-bond acceptors (Lipinski definition) is 10. The highest BCUT2D eigenvalue weighted by atomic mass is 35.5. The number of thiophene rings is 1.